The molecule has 0 bridgehead atoms. The maximum Gasteiger partial charge on any atom is 0.188 e. The van der Waals surface area contributed by atoms with Crippen LogP contribution in [0.2, 0.25) is 0 Å². The van der Waals surface area contributed by atoms with Crippen LogP contribution < -0.4 is 15.5 Å². The van der Waals surface area contributed by atoms with Crippen LogP contribution in [-0.2, 0) is 0 Å². The van der Waals surface area contributed by atoms with E-state index in [1.165, 1.54) is 5.39 Å². The Kier molecular flexibility index (Phi) is 7.14. The number of anilines is 3. The fourth-order valence-corrected chi connectivity index (χ4v) is 4.28. The Labute approximate surface area is 192 Å². The molecule has 4 aromatic rings. The van der Waals surface area contributed by atoms with Crippen molar-refractivity contribution in [2.24, 2.45) is 0 Å². The Morgan fingerprint density at radius 2 is 1.91 bits per heavy atom. The molecule has 4 heterocycles. The molecule has 0 saturated carbocycles. The largest absolute Gasteiger partial charge is 0.361 e. The zero-order valence-corrected chi connectivity index (χ0v) is 19.5. The van der Waals surface area contributed by atoms with Gasteiger partial charge >= 0.3 is 0 Å². The standard InChI is InChI=1S/C22H23N7S.C2H6/c1-15-26-20(13-21(27-15)29-10-8-23-9-11-29)28-22-25-14-18(30-22)4-2-16-3-5-19-17(12-16)6-7-24-19;1-2/h2-7,12-14,23-24H,8-11H2,1H3,(H,25,26,27,28);1-2H3/b4-2+;. The quantitative estimate of drug-likeness (QED) is 0.396. The average Bonchev–Trinajstić information content (AvgIpc) is 3.48. The van der Waals surface area contributed by atoms with Gasteiger partial charge in [-0.05, 0) is 42.1 Å². The van der Waals surface area contributed by atoms with Crippen molar-refractivity contribution in [3.8, 4) is 0 Å². The molecule has 0 atom stereocenters. The number of H-pyrrole nitrogens is 1. The molecule has 166 valence electrons. The number of aromatic amines is 1. The van der Waals surface area contributed by atoms with Crippen LogP contribution in [0.1, 0.15) is 30.1 Å². The van der Waals surface area contributed by atoms with Gasteiger partial charge in [-0.25, -0.2) is 15.0 Å². The summed E-state index contributed by atoms with van der Waals surface area (Å²) in [4.78, 5) is 20.2. The lowest BCUT2D eigenvalue weighted by molar-refractivity contribution is 0.584. The SMILES string of the molecule is CC.Cc1nc(Nc2ncc(/C=C/c3ccc4[nH]ccc4c3)s2)cc(N2CCNCC2)n1. The Morgan fingerprint density at radius 1 is 1.06 bits per heavy atom. The molecular formula is C24H29N7S. The lowest BCUT2D eigenvalue weighted by Crippen LogP contribution is -2.44. The van der Waals surface area contributed by atoms with Crippen molar-refractivity contribution < 1.29 is 0 Å². The van der Waals surface area contributed by atoms with Crippen molar-refractivity contribution >= 4 is 51.2 Å². The topological polar surface area (TPSA) is 81.8 Å². The summed E-state index contributed by atoms with van der Waals surface area (Å²) in [5, 5.41) is 8.74. The van der Waals surface area contributed by atoms with Gasteiger partial charge in [-0.3, -0.25) is 0 Å². The molecule has 3 N–H and O–H groups in total. The number of nitrogens with zero attached hydrogens (tertiary/aromatic N) is 4. The van der Waals surface area contributed by atoms with Crippen molar-refractivity contribution in [2.45, 2.75) is 20.8 Å². The van der Waals surface area contributed by atoms with Crippen molar-refractivity contribution in [1.82, 2.24) is 25.3 Å². The van der Waals surface area contributed by atoms with Gasteiger partial charge in [0.1, 0.15) is 17.5 Å². The van der Waals surface area contributed by atoms with E-state index in [9.17, 15) is 0 Å². The second kappa shape index (κ2) is 10.4. The Morgan fingerprint density at radius 3 is 2.75 bits per heavy atom. The first kappa shape index (κ1) is 22.0. The molecule has 0 amide bonds. The van der Waals surface area contributed by atoms with Crippen molar-refractivity contribution in [3.63, 3.8) is 0 Å². The van der Waals surface area contributed by atoms with Crippen molar-refractivity contribution in [2.75, 3.05) is 36.4 Å². The van der Waals surface area contributed by atoms with E-state index < -0.39 is 0 Å². The predicted molar refractivity (Wildman–Crippen MR) is 136 cm³/mol. The highest BCUT2D eigenvalue weighted by atomic mass is 32.1. The van der Waals surface area contributed by atoms with Gasteiger partial charge in [0.05, 0.1) is 0 Å². The van der Waals surface area contributed by atoms with Gasteiger partial charge in [0.25, 0.3) is 0 Å². The van der Waals surface area contributed by atoms with Crippen LogP contribution in [0.4, 0.5) is 16.8 Å². The van der Waals surface area contributed by atoms with Crippen LogP contribution in [0.5, 0.6) is 0 Å². The number of aryl methyl sites for hydroxylation is 1. The molecule has 0 aliphatic carbocycles. The zero-order valence-electron chi connectivity index (χ0n) is 18.7. The lowest BCUT2D eigenvalue weighted by atomic mass is 10.1. The van der Waals surface area contributed by atoms with Crippen LogP contribution in [0.15, 0.2) is 42.7 Å². The summed E-state index contributed by atoms with van der Waals surface area (Å²) < 4.78 is 0. The highest BCUT2D eigenvalue weighted by molar-refractivity contribution is 7.16. The summed E-state index contributed by atoms with van der Waals surface area (Å²) in [7, 11) is 0. The van der Waals surface area contributed by atoms with Crippen molar-refractivity contribution in [3.05, 3.63) is 59.0 Å². The minimum atomic E-state index is 0.755. The number of hydrogen-bond donors (Lipinski definition) is 3. The minimum Gasteiger partial charge on any atom is -0.361 e. The number of hydrogen-bond acceptors (Lipinski definition) is 7. The van der Waals surface area contributed by atoms with Crippen LogP contribution >= 0.6 is 11.3 Å². The second-order valence-electron chi connectivity index (χ2n) is 7.25. The van der Waals surface area contributed by atoms with E-state index in [-0.39, 0.29) is 0 Å². The number of rotatable bonds is 5. The fraction of sp³-hybridized carbons (Fsp3) is 0.292. The molecule has 0 unspecified atom stereocenters. The van der Waals surface area contributed by atoms with Crippen LogP contribution in [0.3, 0.4) is 0 Å². The second-order valence-corrected chi connectivity index (χ2v) is 8.31. The third-order valence-corrected chi connectivity index (χ3v) is 5.92. The van der Waals surface area contributed by atoms with E-state index in [1.54, 1.807) is 11.3 Å². The van der Waals surface area contributed by atoms with Gasteiger partial charge in [0, 0.05) is 55.0 Å². The summed E-state index contributed by atoms with van der Waals surface area (Å²) in [6.45, 7) is 9.79. The van der Waals surface area contributed by atoms with E-state index >= 15 is 0 Å². The first-order chi connectivity index (χ1) is 15.7. The first-order valence-electron chi connectivity index (χ1n) is 11.0. The van der Waals surface area contributed by atoms with Gasteiger partial charge in [0.2, 0.25) is 0 Å². The monoisotopic (exact) mass is 447 g/mol. The van der Waals surface area contributed by atoms with Gasteiger partial charge < -0.3 is 20.5 Å². The molecule has 1 aliphatic rings. The van der Waals surface area contributed by atoms with Gasteiger partial charge in [-0.15, -0.1) is 0 Å². The molecule has 5 rings (SSSR count). The zero-order chi connectivity index (χ0) is 22.3. The molecule has 3 aromatic heterocycles. The fourth-order valence-electron chi connectivity index (χ4n) is 3.56. The number of benzene rings is 1. The summed E-state index contributed by atoms with van der Waals surface area (Å²) in [5.41, 5.74) is 2.31. The number of nitrogens with one attached hydrogen (secondary N) is 3. The van der Waals surface area contributed by atoms with Crippen LogP contribution in [0.25, 0.3) is 23.1 Å². The third-order valence-electron chi connectivity index (χ3n) is 5.04. The molecule has 1 saturated heterocycles. The molecule has 0 spiro atoms. The van der Waals surface area contributed by atoms with Gasteiger partial charge in [0.15, 0.2) is 5.13 Å². The Bertz CT molecular complexity index is 1190. The molecule has 1 aliphatic heterocycles. The van der Waals surface area contributed by atoms with E-state index in [0.29, 0.717) is 0 Å². The highest BCUT2D eigenvalue weighted by Gasteiger charge is 2.14. The molecule has 0 radical (unpaired) electrons. The average molecular weight is 448 g/mol. The predicted octanol–water partition coefficient (Wildman–Crippen LogP) is 5.07. The first-order valence-corrected chi connectivity index (χ1v) is 11.8. The Hall–Kier alpha value is -3.23. The van der Waals surface area contributed by atoms with Crippen molar-refractivity contribution in [1.29, 1.82) is 0 Å². The van der Waals surface area contributed by atoms with Crippen LogP contribution in [0, 0.1) is 6.92 Å². The number of fused-ring (bicyclic) bond motifs is 1. The van der Waals surface area contributed by atoms with Gasteiger partial charge in [-0.2, -0.15) is 0 Å². The number of thiazole rings is 1. The molecule has 32 heavy (non-hydrogen) atoms. The lowest BCUT2D eigenvalue weighted by Gasteiger charge is -2.28. The highest BCUT2D eigenvalue weighted by Crippen LogP contribution is 2.25. The molecule has 1 fully saturated rings. The number of piperazine rings is 1. The maximum absolute atomic E-state index is 4.60. The van der Waals surface area contributed by atoms with E-state index in [2.05, 4.69) is 71.9 Å². The Balaban J connectivity index is 0.00000119. The minimum absolute atomic E-state index is 0.755. The number of aromatic nitrogens is 4. The maximum atomic E-state index is 4.60. The molecule has 8 heteroatoms. The molecular weight excluding hydrogens is 418 g/mol. The molecule has 7 nitrogen and oxygen atoms in total. The molecule has 1 aromatic carbocycles. The van der Waals surface area contributed by atoms with E-state index in [1.807, 2.05) is 39.2 Å². The summed E-state index contributed by atoms with van der Waals surface area (Å²) >= 11 is 1.60. The normalized spacial score (nSPS) is 13.9. The van der Waals surface area contributed by atoms with Gasteiger partial charge in [-0.1, -0.05) is 37.3 Å². The van der Waals surface area contributed by atoms with E-state index in [4.69, 9.17) is 0 Å². The summed E-state index contributed by atoms with van der Waals surface area (Å²) in [6.07, 6.45) is 8.04. The third kappa shape index (κ3) is 5.33. The summed E-state index contributed by atoms with van der Waals surface area (Å²) in [5.74, 6) is 2.49. The smallest absolute Gasteiger partial charge is 0.188 e. The van der Waals surface area contributed by atoms with Crippen LogP contribution in [-0.4, -0.2) is 46.1 Å². The van der Waals surface area contributed by atoms with E-state index in [0.717, 1.165) is 64.7 Å². The summed E-state index contributed by atoms with van der Waals surface area (Å²) in [6, 6.07) is 10.5.